The van der Waals surface area contributed by atoms with Crippen molar-refractivity contribution < 1.29 is 4.79 Å². The topological polar surface area (TPSA) is 122 Å². The third-order valence-electron chi connectivity index (χ3n) is 2.02. The largest absolute Gasteiger partial charge is 0.382 e. The molecule has 0 bridgehead atoms. The van der Waals surface area contributed by atoms with Crippen molar-refractivity contribution in [2.24, 2.45) is 0 Å². The summed E-state index contributed by atoms with van der Waals surface area (Å²) in [6.07, 6.45) is 4.67. The number of hydrogen-bond donors (Lipinski definition) is 3. The summed E-state index contributed by atoms with van der Waals surface area (Å²) in [5, 5.41) is 9.09. The zero-order valence-corrected chi connectivity index (χ0v) is 8.92. The lowest BCUT2D eigenvalue weighted by Gasteiger charge is -2.02. The number of carbonyl (C=O) groups excluding carboxylic acids is 1. The molecule has 0 saturated carbocycles. The van der Waals surface area contributed by atoms with Crippen LogP contribution in [0.4, 0.5) is 5.82 Å². The molecular weight excluding hydrogens is 222 g/mol. The lowest BCUT2D eigenvalue weighted by atomic mass is 10.3. The van der Waals surface area contributed by atoms with Crippen molar-refractivity contribution in [1.82, 2.24) is 30.5 Å². The van der Waals surface area contributed by atoms with Gasteiger partial charge in [0, 0.05) is 13.0 Å². The fraction of sp³-hybridized carbons (Fsp3) is 0.222. The van der Waals surface area contributed by atoms with Crippen molar-refractivity contribution in [3.05, 3.63) is 30.2 Å². The smallest absolute Gasteiger partial charge is 0.271 e. The zero-order valence-electron chi connectivity index (χ0n) is 8.92. The van der Waals surface area contributed by atoms with Gasteiger partial charge in [0.15, 0.2) is 0 Å². The highest BCUT2D eigenvalue weighted by atomic mass is 16.1. The van der Waals surface area contributed by atoms with Gasteiger partial charge >= 0.3 is 0 Å². The van der Waals surface area contributed by atoms with Crippen LogP contribution >= 0.6 is 0 Å². The molecule has 0 atom stereocenters. The number of rotatable bonds is 4. The van der Waals surface area contributed by atoms with Crippen LogP contribution in [0.25, 0.3) is 0 Å². The molecule has 8 nitrogen and oxygen atoms in total. The van der Waals surface area contributed by atoms with E-state index < -0.39 is 0 Å². The van der Waals surface area contributed by atoms with Gasteiger partial charge in [0.05, 0.1) is 12.4 Å². The van der Waals surface area contributed by atoms with Crippen LogP contribution in [-0.2, 0) is 6.42 Å². The van der Waals surface area contributed by atoms with E-state index in [9.17, 15) is 4.79 Å². The van der Waals surface area contributed by atoms with Gasteiger partial charge in [0.25, 0.3) is 5.91 Å². The summed E-state index contributed by atoms with van der Waals surface area (Å²) >= 11 is 0. The van der Waals surface area contributed by atoms with Gasteiger partial charge in [-0.3, -0.25) is 9.89 Å². The molecule has 2 aromatic heterocycles. The fourth-order valence-corrected chi connectivity index (χ4v) is 1.19. The molecule has 8 heteroatoms. The maximum atomic E-state index is 11.6. The Bertz CT molecular complexity index is 479. The molecule has 4 N–H and O–H groups in total. The van der Waals surface area contributed by atoms with Gasteiger partial charge in [0.1, 0.15) is 23.7 Å². The van der Waals surface area contributed by atoms with E-state index in [2.05, 4.69) is 30.5 Å². The van der Waals surface area contributed by atoms with Gasteiger partial charge in [0.2, 0.25) is 0 Å². The number of aromatic amines is 1. The Morgan fingerprint density at radius 2 is 2.24 bits per heavy atom. The van der Waals surface area contributed by atoms with Gasteiger partial charge in [-0.2, -0.15) is 5.10 Å². The van der Waals surface area contributed by atoms with Crippen molar-refractivity contribution in [2.45, 2.75) is 6.42 Å². The molecule has 2 aromatic rings. The summed E-state index contributed by atoms with van der Waals surface area (Å²) in [6.45, 7) is 0.445. The average molecular weight is 233 g/mol. The third-order valence-corrected chi connectivity index (χ3v) is 2.02. The van der Waals surface area contributed by atoms with Crippen LogP contribution in [0.15, 0.2) is 18.7 Å². The Labute approximate surface area is 96.7 Å². The quantitative estimate of drug-likeness (QED) is 0.632. The molecule has 0 fully saturated rings. The summed E-state index contributed by atoms with van der Waals surface area (Å²) in [6, 6.07) is 0. The van der Waals surface area contributed by atoms with Crippen LogP contribution in [-0.4, -0.2) is 37.6 Å². The van der Waals surface area contributed by atoms with Gasteiger partial charge in [-0.25, -0.2) is 15.0 Å². The van der Waals surface area contributed by atoms with Gasteiger partial charge in [-0.1, -0.05) is 0 Å². The maximum Gasteiger partial charge on any atom is 0.271 e. The second-order valence-electron chi connectivity index (χ2n) is 3.26. The first kappa shape index (κ1) is 11.0. The first-order valence-corrected chi connectivity index (χ1v) is 4.95. The first-order valence-electron chi connectivity index (χ1n) is 4.95. The van der Waals surface area contributed by atoms with E-state index in [0.29, 0.717) is 18.8 Å². The van der Waals surface area contributed by atoms with E-state index in [-0.39, 0.29) is 17.4 Å². The summed E-state index contributed by atoms with van der Waals surface area (Å²) in [7, 11) is 0. The lowest BCUT2D eigenvalue weighted by Crippen LogP contribution is -2.27. The minimum atomic E-state index is -0.294. The zero-order chi connectivity index (χ0) is 12.1. The molecule has 88 valence electrons. The normalized spacial score (nSPS) is 10.1. The van der Waals surface area contributed by atoms with Crippen LogP contribution < -0.4 is 11.1 Å². The summed E-state index contributed by atoms with van der Waals surface area (Å²) in [5.41, 5.74) is 5.60. The van der Waals surface area contributed by atoms with Crippen molar-refractivity contribution in [1.29, 1.82) is 0 Å². The highest BCUT2D eigenvalue weighted by Crippen LogP contribution is 1.95. The van der Waals surface area contributed by atoms with E-state index in [1.54, 1.807) is 0 Å². The second kappa shape index (κ2) is 5.01. The molecular formula is C9H11N7O. The summed E-state index contributed by atoms with van der Waals surface area (Å²) in [5.74, 6) is 0.703. The Hall–Kier alpha value is -2.51. The maximum absolute atomic E-state index is 11.6. The number of nitrogen functional groups attached to an aromatic ring is 1. The molecule has 0 spiro atoms. The van der Waals surface area contributed by atoms with E-state index in [1.807, 2.05) is 0 Å². The van der Waals surface area contributed by atoms with Gasteiger partial charge < -0.3 is 11.1 Å². The molecule has 0 aliphatic rings. The van der Waals surface area contributed by atoms with E-state index in [1.165, 1.54) is 18.7 Å². The van der Waals surface area contributed by atoms with Gasteiger partial charge in [-0.15, -0.1) is 0 Å². The Kier molecular flexibility index (Phi) is 3.24. The molecule has 17 heavy (non-hydrogen) atoms. The van der Waals surface area contributed by atoms with Crippen molar-refractivity contribution in [3.63, 3.8) is 0 Å². The lowest BCUT2D eigenvalue weighted by molar-refractivity contribution is 0.0948. The third kappa shape index (κ3) is 2.97. The summed E-state index contributed by atoms with van der Waals surface area (Å²) < 4.78 is 0. The molecule has 1 amide bonds. The predicted molar refractivity (Wildman–Crippen MR) is 58.9 cm³/mol. The standard InChI is InChI=1S/C9H11N7O/c10-7-4-12-6(3-13-7)9(17)11-2-1-8-14-5-15-16-8/h3-5H,1-2H2,(H2,10,13)(H,11,17)(H,14,15,16). The highest BCUT2D eigenvalue weighted by Gasteiger charge is 2.06. The Morgan fingerprint density at radius 3 is 2.88 bits per heavy atom. The van der Waals surface area contributed by atoms with Gasteiger partial charge in [-0.05, 0) is 0 Å². The number of nitrogens with zero attached hydrogens (tertiary/aromatic N) is 4. The van der Waals surface area contributed by atoms with Crippen LogP contribution in [0.3, 0.4) is 0 Å². The number of nitrogens with two attached hydrogens (primary N) is 1. The number of hydrogen-bond acceptors (Lipinski definition) is 6. The van der Waals surface area contributed by atoms with E-state index >= 15 is 0 Å². The molecule has 0 aliphatic carbocycles. The van der Waals surface area contributed by atoms with E-state index in [4.69, 9.17) is 5.73 Å². The van der Waals surface area contributed by atoms with E-state index in [0.717, 1.165) is 0 Å². The summed E-state index contributed by atoms with van der Waals surface area (Å²) in [4.78, 5) is 23.2. The number of aromatic nitrogens is 5. The van der Waals surface area contributed by atoms with Crippen LogP contribution in [0, 0.1) is 0 Å². The molecule has 0 radical (unpaired) electrons. The number of amides is 1. The molecule has 0 saturated heterocycles. The SMILES string of the molecule is Nc1cnc(C(=O)NCCc2ncn[nH]2)cn1. The molecule has 0 aliphatic heterocycles. The number of nitrogens with one attached hydrogen (secondary N) is 2. The Morgan fingerprint density at radius 1 is 1.35 bits per heavy atom. The van der Waals surface area contributed by atoms with Crippen molar-refractivity contribution in [3.8, 4) is 0 Å². The minimum Gasteiger partial charge on any atom is -0.382 e. The number of carbonyl (C=O) groups is 1. The molecule has 2 heterocycles. The Balaban J connectivity index is 1.83. The number of H-pyrrole nitrogens is 1. The average Bonchev–Trinajstić information content (AvgIpc) is 2.83. The van der Waals surface area contributed by atoms with Crippen molar-refractivity contribution >= 4 is 11.7 Å². The highest BCUT2D eigenvalue weighted by molar-refractivity contribution is 5.91. The molecule has 0 aromatic carbocycles. The first-order chi connectivity index (χ1) is 8.25. The molecule has 0 unspecified atom stereocenters. The molecule has 2 rings (SSSR count). The van der Waals surface area contributed by atoms with Crippen LogP contribution in [0.2, 0.25) is 0 Å². The fourth-order valence-electron chi connectivity index (χ4n) is 1.19. The monoisotopic (exact) mass is 233 g/mol. The van der Waals surface area contributed by atoms with Crippen molar-refractivity contribution in [2.75, 3.05) is 12.3 Å². The van der Waals surface area contributed by atoms with Crippen LogP contribution in [0.1, 0.15) is 16.3 Å². The predicted octanol–water partition coefficient (Wildman–Crippen LogP) is -0.851. The minimum absolute atomic E-state index is 0.233. The number of anilines is 1. The second-order valence-corrected chi connectivity index (χ2v) is 3.26. The van der Waals surface area contributed by atoms with Crippen LogP contribution in [0.5, 0.6) is 0 Å².